The van der Waals surface area contributed by atoms with E-state index in [1.807, 2.05) is 49.3 Å². The van der Waals surface area contributed by atoms with Gasteiger partial charge in [-0.1, -0.05) is 29.8 Å². The number of nitrogens with one attached hydrogen (secondary N) is 2. The molecule has 0 unspecified atom stereocenters. The maximum Gasteiger partial charge on any atom is 0.191 e. The van der Waals surface area contributed by atoms with Gasteiger partial charge in [0.2, 0.25) is 0 Å². The molecule has 0 aliphatic rings. The summed E-state index contributed by atoms with van der Waals surface area (Å²) < 4.78 is 0. The summed E-state index contributed by atoms with van der Waals surface area (Å²) in [5.74, 6) is 1.74. The minimum absolute atomic E-state index is 0. The maximum absolute atomic E-state index is 5.90. The lowest BCUT2D eigenvalue weighted by atomic mass is 10.1. The van der Waals surface area contributed by atoms with Crippen LogP contribution in [0.4, 0.5) is 5.82 Å². The molecule has 0 radical (unpaired) electrons. The molecule has 0 aliphatic heterocycles. The smallest absolute Gasteiger partial charge is 0.191 e. The van der Waals surface area contributed by atoms with Crippen molar-refractivity contribution < 1.29 is 0 Å². The Hall–Kier alpha value is -1.54. The van der Waals surface area contributed by atoms with E-state index in [1.54, 1.807) is 13.2 Å². The summed E-state index contributed by atoms with van der Waals surface area (Å²) in [6.45, 7) is 1.47. The Kier molecular flexibility index (Phi) is 9.59. The van der Waals surface area contributed by atoms with Gasteiger partial charge in [-0.05, 0) is 30.2 Å². The van der Waals surface area contributed by atoms with Crippen LogP contribution in [0.1, 0.15) is 11.1 Å². The van der Waals surface area contributed by atoms with Gasteiger partial charge < -0.3 is 15.5 Å². The maximum atomic E-state index is 5.90. The fourth-order valence-corrected chi connectivity index (χ4v) is 2.47. The molecule has 2 aromatic rings. The van der Waals surface area contributed by atoms with Gasteiger partial charge >= 0.3 is 0 Å². The van der Waals surface area contributed by atoms with E-state index < -0.39 is 0 Å². The first-order chi connectivity index (χ1) is 11.6. The number of rotatable bonds is 6. The number of nitrogens with zero attached hydrogens (tertiary/aromatic N) is 3. The molecule has 2 N–H and O–H groups in total. The van der Waals surface area contributed by atoms with E-state index in [4.69, 9.17) is 11.6 Å². The first-order valence-electron chi connectivity index (χ1n) is 7.90. The number of hydrogen-bond donors (Lipinski definition) is 2. The Morgan fingerprint density at radius 1 is 1.16 bits per heavy atom. The summed E-state index contributed by atoms with van der Waals surface area (Å²) >= 11 is 5.90. The molecule has 5 nitrogen and oxygen atoms in total. The van der Waals surface area contributed by atoms with Gasteiger partial charge in [-0.3, -0.25) is 4.99 Å². The topological polar surface area (TPSA) is 52.6 Å². The number of anilines is 1. The molecule has 0 aliphatic carbocycles. The van der Waals surface area contributed by atoms with E-state index in [0.717, 1.165) is 35.3 Å². The van der Waals surface area contributed by atoms with Crippen LogP contribution in [0.15, 0.2) is 47.6 Å². The zero-order valence-corrected chi connectivity index (χ0v) is 17.9. The zero-order valence-electron chi connectivity index (χ0n) is 14.8. The molecule has 1 aromatic carbocycles. The van der Waals surface area contributed by atoms with Gasteiger partial charge in [-0.15, -0.1) is 24.0 Å². The third-order valence-electron chi connectivity index (χ3n) is 3.58. The summed E-state index contributed by atoms with van der Waals surface area (Å²) in [5.41, 5.74) is 2.37. The van der Waals surface area contributed by atoms with Gasteiger partial charge in [-0.2, -0.15) is 0 Å². The SMILES string of the molecule is CN=C(NCCc1ccc(Cl)cc1)NCc1cccnc1N(C)C.I. The molecule has 0 fully saturated rings. The molecule has 0 spiro atoms. The summed E-state index contributed by atoms with van der Waals surface area (Å²) in [4.78, 5) is 10.7. The van der Waals surface area contributed by atoms with Crippen molar-refractivity contribution in [3.63, 3.8) is 0 Å². The Morgan fingerprint density at radius 2 is 1.88 bits per heavy atom. The lowest BCUT2D eigenvalue weighted by Gasteiger charge is -2.17. The molecule has 0 atom stereocenters. The van der Waals surface area contributed by atoms with Crippen LogP contribution >= 0.6 is 35.6 Å². The number of aliphatic imine (C=N–C) groups is 1. The highest BCUT2D eigenvalue weighted by Gasteiger charge is 2.06. The van der Waals surface area contributed by atoms with E-state index >= 15 is 0 Å². The van der Waals surface area contributed by atoms with Crippen molar-refractivity contribution in [2.24, 2.45) is 4.99 Å². The summed E-state index contributed by atoms with van der Waals surface area (Å²) in [5, 5.41) is 7.41. The predicted molar refractivity (Wildman–Crippen MR) is 117 cm³/mol. The minimum Gasteiger partial charge on any atom is -0.362 e. The molecule has 0 amide bonds. The standard InChI is InChI=1S/C18H24ClN5.HI/c1-20-18(22-12-10-14-6-8-16(19)9-7-14)23-13-15-5-4-11-21-17(15)24(2)3;/h4-9,11H,10,12-13H2,1-3H3,(H2,20,22,23);1H. The molecule has 25 heavy (non-hydrogen) atoms. The van der Waals surface area contributed by atoms with Crippen LogP contribution in [0.2, 0.25) is 5.02 Å². The van der Waals surface area contributed by atoms with Gasteiger partial charge in [0.1, 0.15) is 5.82 Å². The van der Waals surface area contributed by atoms with Crippen LogP contribution in [-0.2, 0) is 13.0 Å². The van der Waals surface area contributed by atoms with Crippen molar-refractivity contribution in [2.45, 2.75) is 13.0 Å². The van der Waals surface area contributed by atoms with E-state index in [2.05, 4.69) is 26.7 Å². The summed E-state index contributed by atoms with van der Waals surface area (Å²) in [7, 11) is 5.75. The number of halogens is 2. The van der Waals surface area contributed by atoms with E-state index in [0.29, 0.717) is 6.54 Å². The fraction of sp³-hybridized carbons (Fsp3) is 0.333. The van der Waals surface area contributed by atoms with Crippen LogP contribution in [-0.4, -0.2) is 38.6 Å². The molecule has 1 heterocycles. The van der Waals surface area contributed by atoms with Crippen LogP contribution in [0.5, 0.6) is 0 Å². The van der Waals surface area contributed by atoms with Gasteiger partial charge in [0.25, 0.3) is 0 Å². The quantitative estimate of drug-likeness (QED) is 0.384. The number of pyridine rings is 1. The van der Waals surface area contributed by atoms with Crippen LogP contribution in [0.25, 0.3) is 0 Å². The molecule has 2 rings (SSSR count). The van der Waals surface area contributed by atoms with Gasteiger partial charge in [-0.25, -0.2) is 4.98 Å². The van der Waals surface area contributed by atoms with Gasteiger partial charge in [0, 0.05) is 51.0 Å². The van der Waals surface area contributed by atoms with E-state index in [9.17, 15) is 0 Å². The zero-order chi connectivity index (χ0) is 17.4. The Labute approximate surface area is 171 Å². The lowest BCUT2D eigenvalue weighted by Crippen LogP contribution is -2.38. The van der Waals surface area contributed by atoms with E-state index in [-0.39, 0.29) is 24.0 Å². The summed E-state index contributed by atoms with van der Waals surface area (Å²) in [6, 6.07) is 11.9. The third-order valence-corrected chi connectivity index (χ3v) is 3.83. The number of benzene rings is 1. The number of guanidine groups is 1. The second-order valence-electron chi connectivity index (χ2n) is 5.61. The average molecular weight is 474 g/mol. The highest BCUT2D eigenvalue weighted by Crippen LogP contribution is 2.13. The Balaban J connectivity index is 0.00000312. The highest BCUT2D eigenvalue weighted by molar-refractivity contribution is 14.0. The molecule has 0 saturated heterocycles. The molecule has 136 valence electrons. The largest absolute Gasteiger partial charge is 0.362 e. The van der Waals surface area contributed by atoms with Crippen LogP contribution in [0.3, 0.4) is 0 Å². The first kappa shape index (κ1) is 21.5. The van der Waals surface area contributed by atoms with Gasteiger partial charge in [0.05, 0.1) is 0 Å². The lowest BCUT2D eigenvalue weighted by molar-refractivity contribution is 0.791. The molecule has 1 aromatic heterocycles. The first-order valence-corrected chi connectivity index (χ1v) is 8.28. The van der Waals surface area contributed by atoms with Crippen molar-refractivity contribution >= 4 is 47.4 Å². The molecule has 0 saturated carbocycles. The molecule has 0 bridgehead atoms. The van der Waals surface area contributed by atoms with Crippen molar-refractivity contribution in [1.29, 1.82) is 0 Å². The number of hydrogen-bond acceptors (Lipinski definition) is 3. The van der Waals surface area contributed by atoms with Crippen molar-refractivity contribution in [3.8, 4) is 0 Å². The molecular formula is C18H25ClIN5. The predicted octanol–water partition coefficient (Wildman–Crippen LogP) is 3.33. The molecular weight excluding hydrogens is 449 g/mol. The fourth-order valence-electron chi connectivity index (χ4n) is 2.35. The summed E-state index contributed by atoms with van der Waals surface area (Å²) in [6.07, 6.45) is 2.71. The van der Waals surface area contributed by atoms with Gasteiger partial charge in [0.15, 0.2) is 5.96 Å². The highest BCUT2D eigenvalue weighted by atomic mass is 127. The number of aromatic nitrogens is 1. The van der Waals surface area contributed by atoms with Crippen molar-refractivity contribution in [2.75, 3.05) is 32.6 Å². The Bertz CT molecular complexity index is 673. The third kappa shape index (κ3) is 7.07. The second kappa shape index (κ2) is 11.1. The van der Waals surface area contributed by atoms with Crippen LogP contribution < -0.4 is 15.5 Å². The second-order valence-corrected chi connectivity index (χ2v) is 6.05. The molecule has 7 heteroatoms. The minimum atomic E-state index is 0. The monoisotopic (exact) mass is 473 g/mol. The normalized spacial score (nSPS) is 10.8. The average Bonchev–Trinajstić information content (AvgIpc) is 2.59. The van der Waals surface area contributed by atoms with Crippen molar-refractivity contribution in [3.05, 3.63) is 58.7 Å². The van der Waals surface area contributed by atoms with Crippen LogP contribution in [0, 0.1) is 0 Å². The van der Waals surface area contributed by atoms with E-state index in [1.165, 1.54) is 5.56 Å². The Morgan fingerprint density at radius 3 is 2.52 bits per heavy atom. The van der Waals surface area contributed by atoms with Crippen molar-refractivity contribution in [1.82, 2.24) is 15.6 Å².